The summed E-state index contributed by atoms with van der Waals surface area (Å²) in [5, 5.41) is 0. The second-order valence-electron chi connectivity index (χ2n) is 2.59. The van der Waals surface area contributed by atoms with Crippen LogP contribution < -0.4 is 0 Å². The Kier molecular flexibility index (Phi) is 4.75. The normalized spacial score (nSPS) is 11.0. The van der Waals surface area contributed by atoms with Gasteiger partial charge in [0.2, 0.25) is 0 Å². The van der Waals surface area contributed by atoms with Gasteiger partial charge in [-0.25, -0.2) is 4.39 Å². The van der Waals surface area contributed by atoms with Crippen molar-refractivity contribution in [3.05, 3.63) is 31.6 Å². The van der Waals surface area contributed by atoms with Crippen molar-refractivity contribution in [1.29, 1.82) is 0 Å². The Hall–Kier alpha value is 0.280. The Morgan fingerprint density at radius 1 is 1.36 bits per heavy atom. The van der Waals surface area contributed by atoms with E-state index in [0.29, 0.717) is 13.6 Å². The molecule has 2 nitrogen and oxygen atoms in total. The quantitative estimate of drug-likeness (QED) is 0.458. The van der Waals surface area contributed by atoms with Crippen molar-refractivity contribution in [2.75, 3.05) is 14.2 Å². The summed E-state index contributed by atoms with van der Waals surface area (Å²) in [7, 11) is 3.03. The fourth-order valence-electron chi connectivity index (χ4n) is 1.10. The third kappa shape index (κ3) is 2.65. The zero-order chi connectivity index (χ0) is 10.7. The zero-order valence-electron chi connectivity index (χ0n) is 7.68. The molecule has 0 N–H and O–H groups in total. The van der Waals surface area contributed by atoms with Gasteiger partial charge in [-0.2, -0.15) is 0 Å². The minimum absolute atomic E-state index is 0.283. The summed E-state index contributed by atoms with van der Waals surface area (Å²) < 4.78 is 24.6. The highest BCUT2D eigenvalue weighted by Crippen LogP contribution is 2.28. The van der Waals surface area contributed by atoms with Crippen LogP contribution in [0.5, 0.6) is 0 Å². The summed E-state index contributed by atoms with van der Waals surface area (Å²) in [6.07, 6.45) is -0.533. The lowest BCUT2D eigenvalue weighted by Gasteiger charge is -2.15. The van der Waals surface area contributed by atoms with Gasteiger partial charge in [-0.05, 0) is 34.7 Å². The summed E-state index contributed by atoms with van der Waals surface area (Å²) in [4.78, 5) is 0. The lowest BCUT2D eigenvalue weighted by molar-refractivity contribution is -0.106. The summed E-state index contributed by atoms with van der Waals surface area (Å²) in [5.41, 5.74) is 0.683. The molecule has 1 aromatic carbocycles. The molecular weight excluding hydrogens is 366 g/mol. The molecule has 0 amide bonds. The van der Waals surface area contributed by atoms with Crippen LogP contribution in [0.25, 0.3) is 0 Å². The first-order valence-electron chi connectivity index (χ1n) is 3.80. The van der Waals surface area contributed by atoms with Crippen molar-refractivity contribution in [1.82, 2.24) is 0 Å². The Morgan fingerprint density at radius 3 is 2.43 bits per heavy atom. The molecule has 0 bridgehead atoms. The molecule has 0 aromatic heterocycles. The average Bonchev–Trinajstić information content (AvgIpc) is 2.15. The molecule has 0 aliphatic carbocycles. The van der Waals surface area contributed by atoms with Crippen LogP contribution in [-0.2, 0) is 9.47 Å². The second-order valence-corrected chi connectivity index (χ2v) is 4.59. The lowest BCUT2D eigenvalue weighted by Crippen LogP contribution is -2.07. The van der Waals surface area contributed by atoms with Gasteiger partial charge in [0.25, 0.3) is 0 Å². The van der Waals surface area contributed by atoms with E-state index in [1.165, 1.54) is 20.3 Å². The number of halogens is 3. The van der Waals surface area contributed by atoms with Crippen LogP contribution >= 0.6 is 38.5 Å². The molecule has 78 valence electrons. The third-order valence-corrected chi connectivity index (χ3v) is 3.30. The van der Waals surface area contributed by atoms with Crippen molar-refractivity contribution in [2.24, 2.45) is 0 Å². The van der Waals surface area contributed by atoms with Gasteiger partial charge < -0.3 is 9.47 Å². The molecule has 0 radical (unpaired) electrons. The minimum atomic E-state index is -0.533. The molecule has 0 aliphatic heterocycles. The Balaban J connectivity index is 3.18. The summed E-state index contributed by atoms with van der Waals surface area (Å²) >= 11 is 5.15. The van der Waals surface area contributed by atoms with Gasteiger partial charge in [-0.3, -0.25) is 0 Å². The van der Waals surface area contributed by atoms with Crippen molar-refractivity contribution in [3.63, 3.8) is 0 Å². The molecular formula is C9H9BrFIO2. The van der Waals surface area contributed by atoms with E-state index in [0.717, 1.165) is 0 Å². The van der Waals surface area contributed by atoms with Crippen LogP contribution in [0, 0.1) is 9.39 Å². The molecule has 0 atom stereocenters. The molecule has 5 heteroatoms. The van der Waals surface area contributed by atoms with Crippen LogP contribution in [0.15, 0.2) is 16.6 Å². The summed E-state index contributed by atoms with van der Waals surface area (Å²) in [6, 6.07) is 3.19. The number of rotatable bonds is 3. The molecule has 0 fully saturated rings. The third-order valence-electron chi connectivity index (χ3n) is 1.70. The Morgan fingerprint density at radius 2 is 1.93 bits per heavy atom. The van der Waals surface area contributed by atoms with Crippen LogP contribution in [0.4, 0.5) is 4.39 Å². The molecule has 1 aromatic rings. The van der Waals surface area contributed by atoms with Crippen LogP contribution in [-0.4, -0.2) is 14.2 Å². The van der Waals surface area contributed by atoms with Gasteiger partial charge in [-0.1, -0.05) is 15.9 Å². The van der Waals surface area contributed by atoms with E-state index in [1.54, 1.807) is 6.07 Å². The summed E-state index contributed by atoms with van der Waals surface area (Å²) in [6.45, 7) is 0. The van der Waals surface area contributed by atoms with E-state index in [-0.39, 0.29) is 5.82 Å². The van der Waals surface area contributed by atoms with E-state index < -0.39 is 6.29 Å². The van der Waals surface area contributed by atoms with E-state index in [4.69, 9.17) is 9.47 Å². The SMILES string of the molecule is COC(OC)c1cc(Br)cc(F)c1I. The van der Waals surface area contributed by atoms with Crippen LogP contribution in [0.1, 0.15) is 11.9 Å². The fourth-order valence-corrected chi connectivity index (χ4v) is 2.11. The predicted octanol–water partition coefficient (Wildman–Crippen LogP) is 3.48. The van der Waals surface area contributed by atoms with E-state index >= 15 is 0 Å². The smallest absolute Gasteiger partial charge is 0.184 e. The lowest BCUT2D eigenvalue weighted by atomic mass is 10.2. The first-order valence-corrected chi connectivity index (χ1v) is 5.67. The molecule has 0 spiro atoms. The number of benzene rings is 1. The van der Waals surface area contributed by atoms with Crippen LogP contribution in [0.2, 0.25) is 0 Å². The van der Waals surface area contributed by atoms with E-state index in [2.05, 4.69) is 15.9 Å². The maximum absolute atomic E-state index is 13.3. The average molecular weight is 375 g/mol. The summed E-state index contributed by atoms with van der Waals surface area (Å²) in [5.74, 6) is -0.283. The fraction of sp³-hybridized carbons (Fsp3) is 0.333. The highest BCUT2D eigenvalue weighted by Gasteiger charge is 2.16. The first-order chi connectivity index (χ1) is 6.60. The largest absolute Gasteiger partial charge is 0.352 e. The maximum Gasteiger partial charge on any atom is 0.184 e. The predicted molar refractivity (Wildman–Crippen MR) is 63.6 cm³/mol. The van der Waals surface area contributed by atoms with E-state index in [9.17, 15) is 4.39 Å². The van der Waals surface area contributed by atoms with Gasteiger partial charge >= 0.3 is 0 Å². The maximum atomic E-state index is 13.3. The minimum Gasteiger partial charge on any atom is -0.352 e. The molecule has 0 heterocycles. The zero-order valence-corrected chi connectivity index (χ0v) is 11.4. The topological polar surface area (TPSA) is 18.5 Å². The molecule has 1 rings (SSSR count). The molecule has 0 aliphatic rings. The monoisotopic (exact) mass is 374 g/mol. The molecule has 14 heavy (non-hydrogen) atoms. The van der Waals surface area contributed by atoms with Crippen molar-refractivity contribution in [2.45, 2.75) is 6.29 Å². The van der Waals surface area contributed by atoms with E-state index in [1.807, 2.05) is 22.6 Å². The number of ether oxygens (including phenoxy) is 2. The van der Waals surface area contributed by atoms with Gasteiger partial charge in [0, 0.05) is 24.3 Å². The van der Waals surface area contributed by atoms with Gasteiger partial charge in [-0.15, -0.1) is 0 Å². The number of methoxy groups -OCH3 is 2. The van der Waals surface area contributed by atoms with Gasteiger partial charge in [0.05, 0.1) is 3.57 Å². The molecule has 0 unspecified atom stereocenters. The highest BCUT2D eigenvalue weighted by molar-refractivity contribution is 14.1. The number of hydrogen-bond acceptors (Lipinski definition) is 2. The molecule has 0 saturated carbocycles. The Bertz CT molecular complexity index is 329. The molecule has 0 saturated heterocycles. The van der Waals surface area contributed by atoms with Crippen LogP contribution in [0.3, 0.4) is 0 Å². The highest BCUT2D eigenvalue weighted by atomic mass is 127. The van der Waals surface area contributed by atoms with Gasteiger partial charge in [0.1, 0.15) is 5.82 Å². The van der Waals surface area contributed by atoms with Crippen molar-refractivity contribution in [3.8, 4) is 0 Å². The standard InChI is InChI=1S/C9H9BrFIO2/c1-13-9(14-2)6-3-5(10)4-7(11)8(6)12/h3-4,9H,1-2H3. The number of hydrogen-bond donors (Lipinski definition) is 0. The first kappa shape index (κ1) is 12.4. The van der Waals surface area contributed by atoms with Crippen molar-refractivity contribution < 1.29 is 13.9 Å². The van der Waals surface area contributed by atoms with Crippen molar-refractivity contribution >= 4 is 38.5 Å². The Labute approximate surface area is 104 Å². The van der Waals surface area contributed by atoms with Gasteiger partial charge in [0.15, 0.2) is 6.29 Å². The second kappa shape index (κ2) is 5.39.